The molecule has 115 heavy (non-hydrogen) atoms. The van der Waals surface area contributed by atoms with Gasteiger partial charge in [0.2, 0.25) is 88.6 Å². The van der Waals surface area contributed by atoms with Gasteiger partial charge in [0, 0.05) is 96.7 Å². The molecule has 5 heterocycles. The molecule has 39 heteroatoms. The number of para-hydroxylation sites is 2. The molecule has 2 fully saturated rings. The van der Waals surface area contributed by atoms with E-state index < -0.39 is 223 Å². The molecule has 2 saturated heterocycles. The first-order valence-electron chi connectivity index (χ1n) is 37.0. The van der Waals surface area contributed by atoms with Gasteiger partial charge in [0.1, 0.15) is 72.5 Å². The number of aliphatic hydroxyl groups is 1. The number of benzene rings is 4. The van der Waals surface area contributed by atoms with Crippen molar-refractivity contribution in [1.82, 2.24) is 83.3 Å². The van der Waals surface area contributed by atoms with Gasteiger partial charge in [0.15, 0.2) is 0 Å². The number of hydrogen-bond donors (Lipinski definition) is 19. The van der Waals surface area contributed by atoms with Gasteiger partial charge in [-0.15, -0.1) is 0 Å². The molecule has 0 unspecified atom stereocenters. The van der Waals surface area contributed by atoms with Crippen LogP contribution in [-0.2, 0) is 102 Å². The van der Waals surface area contributed by atoms with E-state index in [-0.39, 0.29) is 37.9 Å². The maximum Gasteiger partial charge on any atom is 0.305 e. The Bertz CT molecular complexity index is 4780. The molecule has 4 aromatic carbocycles. The van der Waals surface area contributed by atoms with E-state index in [1.54, 1.807) is 79.9 Å². The standard InChI is InChI=1S/C76H93N19O18S2/c1-5-37(2)63(93-75(112)64(38(3)96)94-71(108)50(84-39(4)97)24-41-16-12-15-40-14-6-7-17-45(40)41)74(111)92-58-35-115-114-34-57(73(110)90-56(76(113)95-23-13-22-59(95)65(79)102)26-43-32-82-49-21-11-9-19-47(43)49)91-70(107)55(30-62(100)101)89-67(104)52(27-44-33-80-36-83-44)86-66(103)51(25-42-31-81-48-20-10-8-18-46(42)48)85-68(105)53(28-60(77)98)87-69(106)54(29-61(78)99)88-72(58)109/h6-12,14-21,31-33,36-38,50-59,63-64,81-82,96H,5,13,22-30,34-35H2,1-4H3,(H2,77,98)(H2,78,99)(H2,79,102)(H,80,83)(H,84,97)(H,85,105)(H,86,103)(H,87,106)(H,88,109)(H,89,104)(H,90,110)(H,91,107)(H,92,111)(H,93,112)(H,94,108)(H,100,101)/t37-,38+,50-,51-,52-,53-,54-,55-,56-,57-,58-,59-,63-,64-/m0/s1. The van der Waals surface area contributed by atoms with Crippen molar-refractivity contribution in [1.29, 1.82) is 0 Å². The topological polar surface area (TPSA) is 587 Å². The number of nitrogens with zero attached hydrogens (tertiary/aromatic N) is 2. The number of aliphatic carboxylic acids is 1. The average molecular weight is 1620 g/mol. The van der Waals surface area contributed by atoms with Crippen molar-refractivity contribution in [3.8, 4) is 0 Å². The Hall–Kier alpha value is -12.4. The van der Waals surface area contributed by atoms with Crippen molar-refractivity contribution < 1.29 is 86.9 Å². The predicted molar refractivity (Wildman–Crippen MR) is 421 cm³/mol. The fourth-order valence-electron chi connectivity index (χ4n) is 13.5. The van der Waals surface area contributed by atoms with Crippen LogP contribution in [0.1, 0.15) is 88.6 Å². The highest BCUT2D eigenvalue weighted by atomic mass is 33.1. The summed E-state index contributed by atoms with van der Waals surface area (Å²) in [7, 11) is 1.43. The van der Waals surface area contributed by atoms with Crippen LogP contribution in [-0.4, -0.2) is 226 Å². The molecule has 9 rings (SSSR count). The number of carbonyl (C=O) groups is 16. The van der Waals surface area contributed by atoms with Crippen LogP contribution in [0.5, 0.6) is 0 Å². The lowest BCUT2D eigenvalue weighted by molar-refractivity contribution is -0.142. The molecule has 15 amide bonds. The number of carboxylic acid groups (broad SMARTS) is 1. The van der Waals surface area contributed by atoms with E-state index in [2.05, 4.69) is 78.4 Å². The van der Waals surface area contributed by atoms with Gasteiger partial charge >= 0.3 is 5.97 Å². The summed E-state index contributed by atoms with van der Waals surface area (Å²) in [6.07, 6.45) is 0.274. The number of amides is 15. The quantitative estimate of drug-likeness (QED) is 0.0229. The lowest BCUT2D eigenvalue weighted by Crippen LogP contribution is -2.63. The van der Waals surface area contributed by atoms with Gasteiger partial charge in [0.25, 0.3) is 0 Å². The first kappa shape index (κ1) is 86.6. The van der Waals surface area contributed by atoms with E-state index in [9.17, 15) is 63.0 Å². The number of H-pyrrole nitrogens is 3. The minimum Gasteiger partial charge on any atom is -0.481 e. The average Bonchev–Trinajstić information content (AvgIpc) is 1.61. The van der Waals surface area contributed by atoms with Crippen LogP contribution in [0.3, 0.4) is 0 Å². The van der Waals surface area contributed by atoms with Crippen molar-refractivity contribution in [3.05, 3.63) is 138 Å². The Labute approximate surface area is 665 Å². The summed E-state index contributed by atoms with van der Waals surface area (Å²) in [5, 5.41) is 52.0. The second kappa shape index (κ2) is 40.4. The van der Waals surface area contributed by atoms with E-state index in [4.69, 9.17) is 17.2 Å². The molecule has 2 aliphatic rings. The lowest BCUT2D eigenvalue weighted by Gasteiger charge is -2.30. The maximum atomic E-state index is 15.3. The molecule has 0 saturated carbocycles. The minimum absolute atomic E-state index is 0.0480. The van der Waals surface area contributed by atoms with E-state index >= 15 is 24.0 Å². The maximum absolute atomic E-state index is 15.3. The third-order valence-corrected chi connectivity index (χ3v) is 22.1. The molecule has 2 aliphatic heterocycles. The van der Waals surface area contributed by atoms with Crippen LogP contribution < -0.4 is 75.7 Å². The van der Waals surface area contributed by atoms with Gasteiger partial charge in [-0.25, -0.2) is 4.98 Å². The molecule has 7 aromatic rings. The number of aromatic amines is 3. The number of fused-ring (bicyclic) bond motifs is 3. The minimum atomic E-state index is -2.10. The van der Waals surface area contributed by atoms with Crippen molar-refractivity contribution in [2.75, 3.05) is 18.1 Å². The Kier molecular flexibility index (Phi) is 30.4. The zero-order chi connectivity index (χ0) is 83.3. The SMILES string of the molecule is CC[C@H](C)[C@H](NC(=O)[C@@H](NC(=O)[C@H](Cc1cccc2ccccc12)NC(C)=O)[C@@H](C)O)C(=O)N[C@H]1CSSC[C@@H](C(=O)N[C@@H](Cc2c[nH]c3ccccc23)C(=O)N2CCC[C@H]2C(N)=O)NC(=O)[C@H](CC(=O)O)NC(=O)[C@H](Cc2cnc[nH]2)NC(=O)[C@H](Cc2c[nH]c3ccccc23)NC(=O)[C@H](CC(N)=O)NC(=O)[C@H](CC(N)=O)NC1=O. The highest BCUT2D eigenvalue weighted by Crippen LogP contribution is 2.28. The third-order valence-electron chi connectivity index (χ3n) is 19.7. The molecule has 14 atom stereocenters. The van der Waals surface area contributed by atoms with Crippen molar-refractivity contribution >= 4 is 149 Å². The summed E-state index contributed by atoms with van der Waals surface area (Å²) in [5.74, 6) is -20.2. The van der Waals surface area contributed by atoms with Crippen LogP contribution in [0.25, 0.3) is 32.6 Å². The molecule has 0 bridgehead atoms. The number of primary amides is 3. The van der Waals surface area contributed by atoms with Crippen LogP contribution >= 0.6 is 21.6 Å². The van der Waals surface area contributed by atoms with Crippen LogP contribution in [0.2, 0.25) is 0 Å². The summed E-state index contributed by atoms with van der Waals surface area (Å²) < 4.78 is 0. The molecule has 0 aliphatic carbocycles. The van der Waals surface area contributed by atoms with Gasteiger partial charge in [-0.2, -0.15) is 0 Å². The number of aliphatic hydroxyl groups excluding tert-OH is 1. The Morgan fingerprint density at radius 1 is 0.565 bits per heavy atom. The number of nitrogens with one attached hydrogen (secondary N) is 14. The van der Waals surface area contributed by atoms with Crippen molar-refractivity contribution in [2.45, 2.75) is 171 Å². The predicted octanol–water partition coefficient (Wildman–Crippen LogP) is -2.33. The Morgan fingerprint density at radius 3 is 1.69 bits per heavy atom. The zero-order valence-corrected chi connectivity index (χ0v) is 64.7. The van der Waals surface area contributed by atoms with E-state index in [0.717, 1.165) is 21.6 Å². The molecule has 37 nitrogen and oxygen atoms in total. The van der Waals surface area contributed by atoms with E-state index in [0.29, 0.717) is 55.7 Å². The second-order valence-electron chi connectivity index (χ2n) is 28.2. The number of hydrogen-bond acceptors (Lipinski definition) is 20. The van der Waals surface area contributed by atoms with Crippen LogP contribution in [0.15, 0.2) is 116 Å². The third kappa shape index (κ3) is 23.6. The van der Waals surface area contributed by atoms with E-state index in [1.165, 1.54) is 44.4 Å². The summed E-state index contributed by atoms with van der Waals surface area (Å²) in [6.45, 7) is 5.59. The number of likely N-dealkylation sites (tertiary alicyclic amines) is 1. The molecule has 0 radical (unpaired) electrons. The molecular weight excluding hydrogens is 1530 g/mol. The molecule has 612 valence electrons. The highest BCUT2D eigenvalue weighted by Gasteiger charge is 2.42. The number of nitrogens with two attached hydrogens (primary N) is 3. The summed E-state index contributed by atoms with van der Waals surface area (Å²) >= 11 is 0. The lowest BCUT2D eigenvalue weighted by atomic mass is 9.96. The monoisotopic (exact) mass is 1620 g/mol. The molecular formula is C76H93N19O18S2. The first-order chi connectivity index (χ1) is 54.9. The van der Waals surface area contributed by atoms with E-state index in [1.807, 2.05) is 24.3 Å². The van der Waals surface area contributed by atoms with Crippen molar-refractivity contribution in [2.24, 2.45) is 23.1 Å². The number of rotatable bonds is 28. The van der Waals surface area contributed by atoms with Crippen LogP contribution in [0.4, 0.5) is 0 Å². The van der Waals surface area contributed by atoms with Gasteiger partial charge in [-0.3, -0.25) is 76.7 Å². The normalized spacial score (nSPS) is 21.2. The summed E-state index contributed by atoms with van der Waals surface area (Å²) in [6, 6.07) is 5.52. The summed E-state index contributed by atoms with van der Waals surface area (Å²) in [4.78, 5) is 242. The first-order valence-corrected chi connectivity index (χ1v) is 39.5. The van der Waals surface area contributed by atoms with Gasteiger partial charge in [-0.1, -0.05) is 121 Å². The number of carbonyl (C=O) groups excluding carboxylic acids is 15. The van der Waals surface area contributed by atoms with Gasteiger partial charge in [-0.05, 0) is 65.3 Å². The molecule has 0 spiro atoms. The van der Waals surface area contributed by atoms with Gasteiger partial charge < -0.3 is 106 Å². The molecule has 3 aromatic heterocycles. The second-order valence-corrected chi connectivity index (χ2v) is 30.7. The zero-order valence-electron chi connectivity index (χ0n) is 63.1. The largest absolute Gasteiger partial charge is 0.481 e. The Balaban J connectivity index is 1.09. The fourth-order valence-corrected chi connectivity index (χ4v) is 15.8. The van der Waals surface area contributed by atoms with Gasteiger partial charge in [0.05, 0.1) is 31.7 Å². The summed E-state index contributed by atoms with van der Waals surface area (Å²) in [5.41, 5.74) is 20.2. The fraction of sp³-hybridized carbons (Fsp3) is 0.408. The smallest absolute Gasteiger partial charge is 0.305 e. The van der Waals surface area contributed by atoms with Crippen LogP contribution in [0, 0.1) is 5.92 Å². The van der Waals surface area contributed by atoms with Crippen molar-refractivity contribution in [3.63, 3.8) is 0 Å². The number of imidazole rings is 1. The number of aromatic nitrogens is 4. The Morgan fingerprint density at radius 2 is 1.10 bits per heavy atom. The highest BCUT2D eigenvalue weighted by molar-refractivity contribution is 8.76. The number of carboxylic acids is 1. The molecule has 22 N–H and O–H groups in total.